The van der Waals surface area contributed by atoms with Crippen molar-refractivity contribution in [2.45, 2.75) is 19.4 Å². The monoisotopic (exact) mass is 249 g/mol. The normalized spacial score (nSPS) is 25.4. The summed E-state index contributed by atoms with van der Waals surface area (Å²) in [5.74, 6) is 1.34. The van der Waals surface area contributed by atoms with Crippen LogP contribution in [0.5, 0.6) is 0 Å². The molecule has 3 heterocycles. The maximum atomic E-state index is 9.95. The van der Waals surface area contributed by atoms with E-state index in [0.29, 0.717) is 12.5 Å². The SMILES string of the molecule is CC1CCN(c2ncnc3sccc23)CC1O. The van der Waals surface area contributed by atoms with Crippen LogP contribution in [0.1, 0.15) is 13.3 Å². The Morgan fingerprint density at radius 1 is 1.47 bits per heavy atom. The van der Waals surface area contributed by atoms with Gasteiger partial charge in [-0.15, -0.1) is 11.3 Å². The highest BCUT2D eigenvalue weighted by atomic mass is 32.1. The van der Waals surface area contributed by atoms with Gasteiger partial charge in [0.05, 0.1) is 11.5 Å². The smallest absolute Gasteiger partial charge is 0.140 e. The topological polar surface area (TPSA) is 49.2 Å². The van der Waals surface area contributed by atoms with Crippen molar-refractivity contribution in [2.24, 2.45) is 5.92 Å². The van der Waals surface area contributed by atoms with E-state index in [9.17, 15) is 5.11 Å². The molecule has 90 valence electrons. The first-order valence-corrected chi connectivity index (χ1v) is 6.75. The predicted molar refractivity (Wildman–Crippen MR) is 69.4 cm³/mol. The molecule has 17 heavy (non-hydrogen) atoms. The lowest BCUT2D eigenvalue weighted by atomic mass is 9.96. The lowest BCUT2D eigenvalue weighted by Crippen LogP contribution is -2.43. The highest BCUT2D eigenvalue weighted by Gasteiger charge is 2.26. The van der Waals surface area contributed by atoms with Gasteiger partial charge >= 0.3 is 0 Å². The molecule has 1 saturated heterocycles. The minimum absolute atomic E-state index is 0.257. The fourth-order valence-corrected chi connectivity index (χ4v) is 3.00. The van der Waals surface area contributed by atoms with Crippen LogP contribution in [0.3, 0.4) is 0 Å². The summed E-state index contributed by atoms with van der Waals surface area (Å²) in [6.45, 7) is 3.73. The van der Waals surface area contributed by atoms with Crippen molar-refractivity contribution in [3.8, 4) is 0 Å². The molecule has 0 bridgehead atoms. The third kappa shape index (κ3) is 1.89. The zero-order valence-corrected chi connectivity index (χ0v) is 10.5. The zero-order valence-electron chi connectivity index (χ0n) is 9.71. The third-order valence-corrected chi connectivity index (χ3v) is 4.28. The summed E-state index contributed by atoms with van der Waals surface area (Å²) in [4.78, 5) is 11.8. The molecule has 2 atom stereocenters. The van der Waals surface area contributed by atoms with Crippen LogP contribution in [0.15, 0.2) is 17.8 Å². The first-order valence-electron chi connectivity index (χ1n) is 5.87. The summed E-state index contributed by atoms with van der Waals surface area (Å²) in [5.41, 5.74) is 0. The van der Waals surface area contributed by atoms with Crippen molar-refractivity contribution in [1.29, 1.82) is 0 Å². The van der Waals surface area contributed by atoms with E-state index in [0.717, 1.165) is 29.0 Å². The number of aliphatic hydroxyl groups is 1. The summed E-state index contributed by atoms with van der Waals surface area (Å²) in [5, 5.41) is 13.1. The quantitative estimate of drug-likeness (QED) is 0.838. The molecule has 1 fully saturated rings. The minimum atomic E-state index is -0.257. The number of piperidine rings is 1. The van der Waals surface area contributed by atoms with Crippen molar-refractivity contribution >= 4 is 27.4 Å². The van der Waals surface area contributed by atoms with Gasteiger partial charge in [0.15, 0.2) is 0 Å². The minimum Gasteiger partial charge on any atom is -0.391 e. The Morgan fingerprint density at radius 2 is 2.35 bits per heavy atom. The van der Waals surface area contributed by atoms with Gasteiger partial charge in [-0.3, -0.25) is 0 Å². The number of fused-ring (bicyclic) bond motifs is 1. The van der Waals surface area contributed by atoms with E-state index in [-0.39, 0.29) is 6.10 Å². The molecule has 0 spiro atoms. The molecule has 0 radical (unpaired) electrons. The molecule has 0 aliphatic carbocycles. The Morgan fingerprint density at radius 3 is 3.18 bits per heavy atom. The van der Waals surface area contributed by atoms with E-state index in [1.54, 1.807) is 17.7 Å². The average molecular weight is 249 g/mol. The second-order valence-corrected chi connectivity index (χ2v) is 5.51. The number of hydrogen-bond acceptors (Lipinski definition) is 5. The maximum absolute atomic E-state index is 9.95. The third-order valence-electron chi connectivity index (χ3n) is 3.46. The van der Waals surface area contributed by atoms with Gasteiger partial charge in [-0.25, -0.2) is 9.97 Å². The van der Waals surface area contributed by atoms with Crippen LogP contribution in [0.25, 0.3) is 10.2 Å². The summed E-state index contributed by atoms with van der Waals surface area (Å²) < 4.78 is 0. The van der Waals surface area contributed by atoms with Gasteiger partial charge < -0.3 is 10.0 Å². The lowest BCUT2D eigenvalue weighted by Gasteiger charge is -2.35. The Labute approximate surface area is 104 Å². The van der Waals surface area contributed by atoms with Crippen molar-refractivity contribution in [3.05, 3.63) is 17.8 Å². The first-order chi connectivity index (χ1) is 8.25. The molecule has 0 amide bonds. The van der Waals surface area contributed by atoms with E-state index in [1.165, 1.54) is 0 Å². The van der Waals surface area contributed by atoms with Crippen LogP contribution in [-0.4, -0.2) is 34.3 Å². The molecule has 5 heteroatoms. The van der Waals surface area contributed by atoms with Crippen LogP contribution in [0, 0.1) is 5.92 Å². The number of nitrogens with zero attached hydrogens (tertiary/aromatic N) is 3. The molecular formula is C12H15N3OS. The van der Waals surface area contributed by atoms with Gasteiger partial charge in [-0.1, -0.05) is 6.92 Å². The molecule has 1 N–H and O–H groups in total. The number of thiophene rings is 1. The highest BCUT2D eigenvalue weighted by molar-refractivity contribution is 7.16. The van der Waals surface area contributed by atoms with Crippen molar-refractivity contribution < 1.29 is 5.11 Å². The number of aromatic nitrogens is 2. The van der Waals surface area contributed by atoms with Crippen LogP contribution >= 0.6 is 11.3 Å². The number of aliphatic hydroxyl groups excluding tert-OH is 1. The second kappa shape index (κ2) is 4.23. The molecule has 0 aromatic carbocycles. The average Bonchev–Trinajstić information content (AvgIpc) is 2.80. The second-order valence-electron chi connectivity index (χ2n) is 4.62. The van der Waals surface area contributed by atoms with E-state index >= 15 is 0 Å². The zero-order chi connectivity index (χ0) is 11.8. The van der Waals surface area contributed by atoms with Crippen LogP contribution in [-0.2, 0) is 0 Å². The van der Waals surface area contributed by atoms with Gasteiger partial charge in [0.25, 0.3) is 0 Å². The summed E-state index contributed by atoms with van der Waals surface area (Å²) in [6.07, 6.45) is 2.36. The Kier molecular flexibility index (Phi) is 2.72. The first kappa shape index (κ1) is 10.9. The van der Waals surface area contributed by atoms with E-state index in [4.69, 9.17) is 0 Å². The fraction of sp³-hybridized carbons (Fsp3) is 0.500. The van der Waals surface area contributed by atoms with Gasteiger partial charge in [0.2, 0.25) is 0 Å². The van der Waals surface area contributed by atoms with Gasteiger partial charge in [0, 0.05) is 13.1 Å². The Bertz CT molecular complexity index is 527. The number of β-amino-alcohol motifs (C(OH)–C–C–N with tert-alkyl or cyclic N) is 1. The maximum Gasteiger partial charge on any atom is 0.140 e. The molecule has 4 nitrogen and oxygen atoms in total. The molecule has 1 aliphatic heterocycles. The molecule has 3 rings (SSSR count). The van der Waals surface area contributed by atoms with Gasteiger partial charge in [-0.2, -0.15) is 0 Å². The van der Waals surface area contributed by atoms with Crippen molar-refractivity contribution in [2.75, 3.05) is 18.0 Å². The molecule has 2 unspecified atom stereocenters. The van der Waals surface area contributed by atoms with Gasteiger partial charge in [0.1, 0.15) is 17.0 Å². The molecular weight excluding hydrogens is 234 g/mol. The predicted octanol–water partition coefficient (Wildman–Crippen LogP) is 1.90. The summed E-state index contributed by atoms with van der Waals surface area (Å²) in [6, 6.07) is 2.06. The number of anilines is 1. The van der Waals surface area contributed by atoms with E-state index < -0.39 is 0 Å². The number of rotatable bonds is 1. The largest absolute Gasteiger partial charge is 0.391 e. The number of hydrogen-bond donors (Lipinski definition) is 1. The summed E-state index contributed by atoms with van der Waals surface area (Å²) in [7, 11) is 0. The molecule has 2 aromatic heterocycles. The molecule has 1 aliphatic rings. The van der Waals surface area contributed by atoms with E-state index in [1.807, 2.05) is 5.38 Å². The Hall–Kier alpha value is -1.20. The molecule has 2 aromatic rings. The lowest BCUT2D eigenvalue weighted by molar-refractivity contribution is 0.103. The van der Waals surface area contributed by atoms with Crippen molar-refractivity contribution in [3.63, 3.8) is 0 Å². The van der Waals surface area contributed by atoms with Crippen LogP contribution in [0.4, 0.5) is 5.82 Å². The van der Waals surface area contributed by atoms with Gasteiger partial charge in [-0.05, 0) is 23.8 Å². The van der Waals surface area contributed by atoms with Crippen molar-refractivity contribution in [1.82, 2.24) is 9.97 Å². The highest BCUT2D eigenvalue weighted by Crippen LogP contribution is 2.29. The fourth-order valence-electron chi connectivity index (χ4n) is 2.27. The summed E-state index contributed by atoms with van der Waals surface area (Å²) >= 11 is 1.63. The molecule has 0 saturated carbocycles. The Balaban J connectivity index is 1.96. The van der Waals surface area contributed by atoms with Crippen LogP contribution in [0.2, 0.25) is 0 Å². The van der Waals surface area contributed by atoms with Crippen LogP contribution < -0.4 is 4.90 Å². The van der Waals surface area contributed by atoms with E-state index in [2.05, 4.69) is 27.9 Å². The standard InChI is InChI=1S/C12H15N3OS/c1-8-2-4-15(6-10(8)16)11-9-3-5-17-12(9)14-7-13-11/h3,5,7-8,10,16H,2,4,6H2,1H3.